The predicted octanol–water partition coefficient (Wildman–Crippen LogP) is 0.306. The van der Waals surface area contributed by atoms with Gasteiger partial charge in [0.1, 0.15) is 0 Å². The van der Waals surface area contributed by atoms with Crippen LogP contribution in [0.25, 0.3) is 0 Å². The summed E-state index contributed by atoms with van der Waals surface area (Å²) in [5.41, 5.74) is 0. The van der Waals surface area contributed by atoms with Crippen LogP contribution < -0.4 is 5.32 Å². The van der Waals surface area contributed by atoms with Crippen molar-refractivity contribution in [2.75, 3.05) is 13.2 Å². The molecule has 2 nitrogen and oxygen atoms in total. The van der Waals surface area contributed by atoms with E-state index in [4.69, 9.17) is 17.3 Å². The summed E-state index contributed by atoms with van der Waals surface area (Å²) in [6.07, 6.45) is 0.772. The fourth-order valence-electron chi connectivity index (χ4n) is 0.343. The molecular weight excluding hydrogens is 122 g/mol. The largest absolute Gasteiger partial charge is 0.396 e. The second kappa shape index (κ2) is 5.00. The van der Waals surface area contributed by atoms with Crippen LogP contribution in [-0.4, -0.2) is 23.2 Å². The third-order valence-corrected chi connectivity index (χ3v) is 0.853. The molecule has 0 aromatic rings. The van der Waals surface area contributed by atoms with Crippen molar-refractivity contribution < 1.29 is 5.11 Å². The number of rotatable bonds is 3. The van der Waals surface area contributed by atoms with Crippen LogP contribution in [0.3, 0.4) is 0 Å². The van der Waals surface area contributed by atoms with Crippen LogP contribution >= 0.6 is 12.2 Å². The third-order valence-electron chi connectivity index (χ3n) is 0.709. The number of hydrogen-bond donors (Lipinski definition) is 2. The average Bonchev–Trinajstić information content (AvgIpc) is 1.66. The highest BCUT2D eigenvalue weighted by molar-refractivity contribution is 7.80. The fourth-order valence-corrected chi connectivity index (χ4v) is 0.446. The van der Waals surface area contributed by atoms with E-state index in [1.165, 1.54) is 0 Å². The zero-order chi connectivity index (χ0) is 6.41. The number of thiocarbonyl (C=S) groups is 1. The molecular formula is C5H11NOS. The van der Waals surface area contributed by atoms with E-state index in [0.29, 0.717) is 0 Å². The molecule has 0 aromatic carbocycles. The van der Waals surface area contributed by atoms with Crippen molar-refractivity contribution in [3.63, 3.8) is 0 Å². The maximum absolute atomic E-state index is 8.30. The summed E-state index contributed by atoms with van der Waals surface area (Å²) in [7, 11) is 0. The van der Waals surface area contributed by atoms with Crippen molar-refractivity contribution in [3.8, 4) is 0 Å². The smallest absolute Gasteiger partial charge is 0.0721 e. The summed E-state index contributed by atoms with van der Waals surface area (Å²) in [6, 6.07) is 0. The monoisotopic (exact) mass is 133 g/mol. The topological polar surface area (TPSA) is 32.3 Å². The summed E-state index contributed by atoms with van der Waals surface area (Å²) >= 11 is 4.72. The highest BCUT2D eigenvalue weighted by Gasteiger charge is 1.83. The van der Waals surface area contributed by atoms with Gasteiger partial charge in [-0.25, -0.2) is 0 Å². The minimum Gasteiger partial charge on any atom is -0.396 e. The quantitative estimate of drug-likeness (QED) is 0.429. The van der Waals surface area contributed by atoms with Crippen LogP contribution in [0.1, 0.15) is 13.3 Å². The molecule has 0 fully saturated rings. The van der Waals surface area contributed by atoms with E-state index in [2.05, 4.69) is 5.32 Å². The van der Waals surface area contributed by atoms with Gasteiger partial charge >= 0.3 is 0 Å². The van der Waals surface area contributed by atoms with Gasteiger partial charge in [-0.05, 0) is 13.3 Å². The van der Waals surface area contributed by atoms with E-state index < -0.39 is 0 Å². The Hall–Kier alpha value is -0.150. The SMILES string of the molecule is CC(=S)NCCCO. The molecule has 0 atom stereocenters. The molecule has 0 saturated heterocycles. The lowest BCUT2D eigenvalue weighted by Gasteiger charge is -1.98. The summed E-state index contributed by atoms with van der Waals surface area (Å²) in [5.74, 6) is 0. The van der Waals surface area contributed by atoms with Gasteiger partial charge in [-0.3, -0.25) is 0 Å². The van der Waals surface area contributed by atoms with Crippen LogP contribution in [0, 0.1) is 0 Å². The van der Waals surface area contributed by atoms with E-state index in [1.54, 1.807) is 0 Å². The van der Waals surface area contributed by atoms with Crippen LogP contribution in [0.4, 0.5) is 0 Å². The zero-order valence-electron chi connectivity index (χ0n) is 4.98. The summed E-state index contributed by atoms with van der Waals surface area (Å²) in [5, 5.41) is 11.2. The third kappa shape index (κ3) is 5.85. The minimum absolute atomic E-state index is 0.232. The molecule has 0 radical (unpaired) electrons. The van der Waals surface area contributed by atoms with Gasteiger partial charge in [-0.1, -0.05) is 12.2 Å². The molecule has 2 N–H and O–H groups in total. The average molecular weight is 133 g/mol. The maximum Gasteiger partial charge on any atom is 0.0721 e. The zero-order valence-corrected chi connectivity index (χ0v) is 5.79. The lowest BCUT2D eigenvalue weighted by molar-refractivity contribution is 0.289. The molecule has 3 heteroatoms. The van der Waals surface area contributed by atoms with Crippen molar-refractivity contribution in [2.45, 2.75) is 13.3 Å². The van der Waals surface area contributed by atoms with Gasteiger partial charge < -0.3 is 10.4 Å². The highest BCUT2D eigenvalue weighted by Crippen LogP contribution is 1.72. The van der Waals surface area contributed by atoms with Crippen LogP contribution in [0.15, 0.2) is 0 Å². The van der Waals surface area contributed by atoms with E-state index >= 15 is 0 Å². The summed E-state index contributed by atoms with van der Waals surface area (Å²) < 4.78 is 0. The Morgan fingerprint density at radius 1 is 1.75 bits per heavy atom. The molecule has 8 heavy (non-hydrogen) atoms. The van der Waals surface area contributed by atoms with Gasteiger partial charge in [-0.15, -0.1) is 0 Å². The molecule has 0 rings (SSSR count). The van der Waals surface area contributed by atoms with Gasteiger partial charge in [0, 0.05) is 13.2 Å². The molecule has 0 aliphatic rings. The number of aliphatic hydroxyl groups excluding tert-OH is 1. The standard InChI is InChI=1S/C5H11NOS/c1-5(8)6-3-2-4-7/h7H,2-4H2,1H3,(H,6,8). The van der Waals surface area contributed by atoms with Gasteiger partial charge in [0.05, 0.1) is 4.99 Å². The van der Waals surface area contributed by atoms with Crippen LogP contribution in [0.5, 0.6) is 0 Å². The molecule has 0 amide bonds. The summed E-state index contributed by atoms with van der Waals surface area (Å²) in [4.78, 5) is 0.790. The molecule has 0 aliphatic heterocycles. The lowest BCUT2D eigenvalue weighted by atomic mass is 10.4. The highest BCUT2D eigenvalue weighted by atomic mass is 32.1. The Bertz CT molecular complexity index is 74.8. The van der Waals surface area contributed by atoms with Crippen LogP contribution in [-0.2, 0) is 0 Å². The Balaban J connectivity index is 2.82. The predicted molar refractivity (Wildman–Crippen MR) is 38.0 cm³/mol. The molecule has 0 aromatic heterocycles. The second-order valence-corrected chi connectivity index (χ2v) is 2.17. The Morgan fingerprint density at radius 2 is 2.38 bits per heavy atom. The molecule has 0 heterocycles. The first-order valence-electron chi connectivity index (χ1n) is 2.62. The lowest BCUT2D eigenvalue weighted by Crippen LogP contribution is -2.19. The van der Waals surface area contributed by atoms with E-state index in [-0.39, 0.29) is 6.61 Å². The van der Waals surface area contributed by atoms with Crippen molar-refractivity contribution in [1.82, 2.24) is 5.32 Å². The number of nitrogens with one attached hydrogen (secondary N) is 1. The first-order chi connectivity index (χ1) is 3.77. The van der Waals surface area contributed by atoms with Gasteiger partial charge in [0.15, 0.2) is 0 Å². The Kier molecular flexibility index (Phi) is 4.90. The van der Waals surface area contributed by atoms with Crippen molar-refractivity contribution in [1.29, 1.82) is 0 Å². The molecule has 48 valence electrons. The first-order valence-corrected chi connectivity index (χ1v) is 3.03. The van der Waals surface area contributed by atoms with Crippen LogP contribution in [0.2, 0.25) is 0 Å². The molecule has 0 saturated carbocycles. The number of hydrogen-bond acceptors (Lipinski definition) is 2. The first kappa shape index (κ1) is 7.85. The van der Waals surface area contributed by atoms with Gasteiger partial charge in [0.2, 0.25) is 0 Å². The maximum atomic E-state index is 8.30. The van der Waals surface area contributed by atoms with Crippen molar-refractivity contribution in [3.05, 3.63) is 0 Å². The molecule has 0 aliphatic carbocycles. The summed E-state index contributed by atoms with van der Waals surface area (Å²) in [6.45, 7) is 2.84. The van der Waals surface area contributed by atoms with E-state index in [9.17, 15) is 0 Å². The van der Waals surface area contributed by atoms with Gasteiger partial charge in [0.25, 0.3) is 0 Å². The normalized spacial score (nSPS) is 8.75. The Labute approximate surface area is 54.9 Å². The van der Waals surface area contributed by atoms with Crippen molar-refractivity contribution in [2.24, 2.45) is 0 Å². The second-order valence-electron chi connectivity index (χ2n) is 1.56. The fraction of sp³-hybridized carbons (Fsp3) is 0.800. The number of aliphatic hydroxyl groups is 1. The van der Waals surface area contributed by atoms with Crippen molar-refractivity contribution >= 4 is 17.2 Å². The minimum atomic E-state index is 0.232. The van der Waals surface area contributed by atoms with Gasteiger partial charge in [-0.2, -0.15) is 0 Å². The molecule has 0 spiro atoms. The Morgan fingerprint density at radius 3 is 2.75 bits per heavy atom. The van der Waals surface area contributed by atoms with E-state index in [1.807, 2.05) is 6.92 Å². The van der Waals surface area contributed by atoms with E-state index in [0.717, 1.165) is 18.0 Å². The molecule has 0 unspecified atom stereocenters. The molecule has 0 bridgehead atoms.